The average Bonchev–Trinajstić information content (AvgIpc) is 2.38. The van der Waals surface area contributed by atoms with Crippen LogP contribution in [0, 0.1) is 0 Å². The summed E-state index contributed by atoms with van der Waals surface area (Å²) in [5.41, 5.74) is 1.20. The maximum absolute atomic E-state index is 9.36. The number of β-amino-alcohol motifs (C(OH)–C–C–N with tert-alkyl or cyclic N) is 1. The Labute approximate surface area is 90.3 Å². The Balaban J connectivity index is 2.10. The van der Waals surface area contributed by atoms with Crippen molar-refractivity contribution in [2.75, 3.05) is 19.7 Å². The molecule has 0 bridgehead atoms. The van der Waals surface area contributed by atoms with Crippen molar-refractivity contribution in [1.29, 1.82) is 0 Å². The number of aliphatic hydroxyl groups is 1. The van der Waals surface area contributed by atoms with Crippen LogP contribution in [0.5, 0.6) is 5.75 Å². The van der Waals surface area contributed by atoms with Crippen LogP contribution in [0.1, 0.15) is 12.5 Å². The van der Waals surface area contributed by atoms with Crippen LogP contribution >= 0.6 is 0 Å². The van der Waals surface area contributed by atoms with E-state index < -0.39 is 0 Å². The summed E-state index contributed by atoms with van der Waals surface area (Å²) in [6, 6.07) is 8.09. The van der Waals surface area contributed by atoms with Gasteiger partial charge in [-0.3, -0.25) is 4.90 Å². The second kappa shape index (κ2) is 4.64. The minimum Gasteiger partial charge on any atom is -0.492 e. The Morgan fingerprint density at radius 1 is 1.47 bits per heavy atom. The normalized spacial score (nSPS) is 18.8. The van der Waals surface area contributed by atoms with Crippen LogP contribution in [-0.2, 0) is 6.54 Å². The van der Waals surface area contributed by atoms with Gasteiger partial charge in [0.2, 0.25) is 0 Å². The molecule has 1 aromatic rings. The van der Waals surface area contributed by atoms with Crippen molar-refractivity contribution in [3.05, 3.63) is 29.8 Å². The molecule has 3 heteroatoms. The summed E-state index contributed by atoms with van der Waals surface area (Å²) in [4.78, 5) is 2.22. The van der Waals surface area contributed by atoms with Crippen LogP contribution in [0.2, 0.25) is 0 Å². The average molecular weight is 207 g/mol. The number of para-hydroxylation sites is 1. The van der Waals surface area contributed by atoms with Crippen LogP contribution in [-0.4, -0.2) is 35.8 Å². The molecule has 0 radical (unpaired) electrons. The van der Waals surface area contributed by atoms with E-state index in [1.165, 1.54) is 5.56 Å². The zero-order valence-electron chi connectivity index (χ0n) is 9.02. The lowest BCUT2D eigenvalue weighted by Gasteiger charge is -2.20. The number of fused-ring (bicyclic) bond motifs is 1. The molecule has 0 unspecified atom stereocenters. The van der Waals surface area contributed by atoms with Crippen molar-refractivity contribution in [2.24, 2.45) is 0 Å². The second-order valence-corrected chi connectivity index (χ2v) is 4.04. The Bertz CT molecular complexity index is 325. The molecule has 0 saturated heterocycles. The van der Waals surface area contributed by atoms with Crippen LogP contribution in [0.15, 0.2) is 24.3 Å². The van der Waals surface area contributed by atoms with Gasteiger partial charge in [-0.25, -0.2) is 0 Å². The van der Waals surface area contributed by atoms with E-state index >= 15 is 0 Å². The Hall–Kier alpha value is -1.06. The highest BCUT2D eigenvalue weighted by molar-refractivity contribution is 5.33. The number of ether oxygens (including phenoxy) is 1. The van der Waals surface area contributed by atoms with Gasteiger partial charge in [0.25, 0.3) is 0 Å². The van der Waals surface area contributed by atoms with Crippen molar-refractivity contribution in [3.8, 4) is 5.75 Å². The molecule has 0 saturated carbocycles. The van der Waals surface area contributed by atoms with Crippen molar-refractivity contribution in [2.45, 2.75) is 19.6 Å². The molecule has 1 aliphatic heterocycles. The highest BCUT2D eigenvalue weighted by atomic mass is 16.5. The minimum atomic E-state index is -0.282. The smallest absolute Gasteiger partial charge is 0.123 e. The van der Waals surface area contributed by atoms with E-state index in [-0.39, 0.29) is 6.10 Å². The first-order chi connectivity index (χ1) is 7.25. The molecule has 1 N–H and O–H groups in total. The van der Waals surface area contributed by atoms with Crippen LogP contribution in [0.4, 0.5) is 0 Å². The van der Waals surface area contributed by atoms with E-state index in [1.54, 1.807) is 0 Å². The number of hydrogen-bond acceptors (Lipinski definition) is 3. The van der Waals surface area contributed by atoms with Gasteiger partial charge in [0.05, 0.1) is 6.10 Å². The molecule has 0 fully saturated rings. The van der Waals surface area contributed by atoms with Crippen LogP contribution < -0.4 is 4.74 Å². The first kappa shape index (κ1) is 10.5. The van der Waals surface area contributed by atoms with E-state index in [0.29, 0.717) is 13.2 Å². The molecule has 0 amide bonds. The lowest BCUT2D eigenvalue weighted by atomic mass is 10.2. The summed E-state index contributed by atoms with van der Waals surface area (Å²) in [6.07, 6.45) is -0.282. The number of benzene rings is 1. The van der Waals surface area contributed by atoms with E-state index in [9.17, 15) is 5.11 Å². The Morgan fingerprint density at radius 3 is 3.07 bits per heavy atom. The molecular formula is C12H17NO2. The summed E-state index contributed by atoms with van der Waals surface area (Å²) in [6.45, 7) is 4.96. The molecule has 1 aliphatic rings. The lowest BCUT2D eigenvalue weighted by molar-refractivity contribution is 0.117. The van der Waals surface area contributed by atoms with Crippen molar-refractivity contribution in [3.63, 3.8) is 0 Å². The van der Waals surface area contributed by atoms with Gasteiger partial charge in [0.1, 0.15) is 12.4 Å². The van der Waals surface area contributed by atoms with Crippen LogP contribution in [0.25, 0.3) is 0 Å². The fourth-order valence-electron chi connectivity index (χ4n) is 1.91. The quantitative estimate of drug-likeness (QED) is 0.792. The lowest BCUT2D eigenvalue weighted by Crippen LogP contribution is -2.32. The fourth-order valence-corrected chi connectivity index (χ4v) is 1.91. The molecule has 1 heterocycles. The van der Waals surface area contributed by atoms with Gasteiger partial charge in [-0.15, -0.1) is 0 Å². The summed E-state index contributed by atoms with van der Waals surface area (Å²) < 4.78 is 5.64. The summed E-state index contributed by atoms with van der Waals surface area (Å²) in [5.74, 6) is 0.977. The first-order valence-electron chi connectivity index (χ1n) is 5.37. The zero-order chi connectivity index (χ0) is 10.7. The number of rotatable bonds is 2. The fraction of sp³-hybridized carbons (Fsp3) is 0.500. The molecule has 2 rings (SSSR count). The van der Waals surface area contributed by atoms with Crippen LogP contribution in [0.3, 0.4) is 0 Å². The summed E-state index contributed by atoms with van der Waals surface area (Å²) in [5, 5.41) is 9.36. The van der Waals surface area contributed by atoms with E-state index in [0.717, 1.165) is 18.8 Å². The SMILES string of the molecule is C[C@@H](O)CN1CCOc2ccccc2C1. The first-order valence-corrected chi connectivity index (χ1v) is 5.37. The highest BCUT2D eigenvalue weighted by Crippen LogP contribution is 2.22. The molecule has 0 spiro atoms. The van der Waals surface area contributed by atoms with Crippen molar-refractivity contribution >= 4 is 0 Å². The molecular weight excluding hydrogens is 190 g/mol. The van der Waals surface area contributed by atoms with Gasteiger partial charge in [0.15, 0.2) is 0 Å². The van der Waals surface area contributed by atoms with Crippen molar-refractivity contribution in [1.82, 2.24) is 4.90 Å². The Kier molecular flexibility index (Phi) is 3.23. The van der Waals surface area contributed by atoms with Gasteiger partial charge in [-0.1, -0.05) is 18.2 Å². The topological polar surface area (TPSA) is 32.7 Å². The minimum absolute atomic E-state index is 0.282. The van der Waals surface area contributed by atoms with Gasteiger partial charge in [-0.2, -0.15) is 0 Å². The van der Waals surface area contributed by atoms with Gasteiger partial charge in [-0.05, 0) is 13.0 Å². The monoisotopic (exact) mass is 207 g/mol. The van der Waals surface area contributed by atoms with E-state index in [4.69, 9.17) is 4.74 Å². The molecule has 15 heavy (non-hydrogen) atoms. The highest BCUT2D eigenvalue weighted by Gasteiger charge is 2.15. The molecule has 1 atom stereocenters. The molecule has 0 aliphatic carbocycles. The van der Waals surface area contributed by atoms with Gasteiger partial charge in [0, 0.05) is 25.2 Å². The van der Waals surface area contributed by atoms with E-state index in [1.807, 2.05) is 25.1 Å². The number of aliphatic hydroxyl groups excluding tert-OH is 1. The third kappa shape index (κ3) is 2.70. The third-order valence-electron chi connectivity index (χ3n) is 2.55. The van der Waals surface area contributed by atoms with Gasteiger partial charge < -0.3 is 9.84 Å². The predicted octanol–water partition coefficient (Wildman–Crippen LogP) is 1.26. The zero-order valence-corrected chi connectivity index (χ0v) is 9.02. The second-order valence-electron chi connectivity index (χ2n) is 4.04. The molecule has 3 nitrogen and oxygen atoms in total. The number of hydrogen-bond donors (Lipinski definition) is 1. The molecule has 1 aromatic carbocycles. The third-order valence-corrected chi connectivity index (χ3v) is 2.55. The number of nitrogens with zero attached hydrogens (tertiary/aromatic N) is 1. The predicted molar refractivity (Wildman–Crippen MR) is 58.9 cm³/mol. The van der Waals surface area contributed by atoms with E-state index in [2.05, 4.69) is 11.0 Å². The summed E-state index contributed by atoms with van der Waals surface area (Å²) >= 11 is 0. The maximum Gasteiger partial charge on any atom is 0.123 e. The van der Waals surface area contributed by atoms with Gasteiger partial charge >= 0.3 is 0 Å². The van der Waals surface area contributed by atoms with Crippen molar-refractivity contribution < 1.29 is 9.84 Å². The summed E-state index contributed by atoms with van der Waals surface area (Å²) in [7, 11) is 0. The standard InChI is InChI=1S/C12H17NO2/c1-10(14)8-13-6-7-15-12-5-3-2-4-11(12)9-13/h2-5,10,14H,6-9H2,1H3/t10-/m1/s1. The Morgan fingerprint density at radius 2 is 2.27 bits per heavy atom. The largest absolute Gasteiger partial charge is 0.492 e. The molecule has 0 aromatic heterocycles. The maximum atomic E-state index is 9.36. The molecule has 82 valence electrons.